The van der Waals surface area contributed by atoms with Crippen LogP contribution >= 0.6 is 18.2 Å². The van der Waals surface area contributed by atoms with Crippen LogP contribution in [0.3, 0.4) is 0 Å². The lowest BCUT2D eigenvalue weighted by molar-refractivity contribution is -0.0919. The van der Waals surface area contributed by atoms with Crippen LogP contribution in [0.4, 0.5) is 0 Å². The van der Waals surface area contributed by atoms with Gasteiger partial charge in [0.05, 0.1) is 20.8 Å². The number of unbranched alkanes of at least 4 members (excludes halogenated alkanes) is 1. The van der Waals surface area contributed by atoms with E-state index in [1.165, 1.54) is 10.8 Å². The summed E-state index contributed by atoms with van der Waals surface area (Å²) in [6, 6.07) is 24.8. The normalized spacial score (nSPS) is 19.1. The number of benzene rings is 3. The zero-order valence-corrected chi connectivity index (χ0v) is 29.1. The van der Waals surface area contributed by atoms with Crippen LogP contribution in [-0.4, -0.2) is 53.2 Å². The van der Waals surface area contributed by atoms with E-state index in [-0.39, 0.29) is 13.0 Å². The van der Waals surface area contributed by atoms with E-state index in [0.29, 0.717) is 22.8 Å². The molecule has 1 saturated heterocycles. The Labute approximate surface area is 283 Å². The van der Waals surface area contributed by atoms with Crippen molar-refractivity contribution in [3.05, 3.63) is 128 Å². The SMILES string of the molecule is CCCCSP(=O)(O)O[C@H]1C[C@H](n2cc(C)c(=O)[nH]c2=O)O[C@@H]1COC(c1ccccc1)(c1ccc(OC)cc1)c1ccc(OC)cc1. The quantitative estimate of drug-likeness (QED) is 0.0842. The van der Waals surface area contributed by atoms with Crippen molar-refractivity contribution in [1.82, 2.24) is 9.55 Å². The van der Waals surface area contributed by atoms with Crippen LogP contribution in [0.2, 0.25) is 0 Å². The zero-order valence-electron chi connectivity index (χ0n) is 27.4. The number of aryl methyl sites for hydroxylation is 1. The van der Waals surface area contributed by atoms with E-state index in [4.69, 9.17) is 23.5 Å². The van der Waals surface area contributed by atoms with Crippen LogP contribution in [0.15, 0.2) is 94.6 Å². The third-order valence-corrected chi connectivity index (χ3v) is 11.4. The van der Waals surface area contributed by atoms with Gasteiger partial charge < -0.3 is 23.8 Å². The highest BCUT2D eigenvalue weighted by Crippen LogP contribution is 2.58. The van der Waals surface area contributed by atoms with Crippen molar-refractivity contribution < 1.29 is 32.9 Å². The molecule has 0 aliphatic carbocycles. The first-order valence-corrected chi connectivity index (χ1v) is 18.9. The Morgan fingerprint density at radius 1 is 0.958 bits per heavy atom. The second-order valence-corrected chi connectivity index (χ2v) is 15.4. The van der Waals surface area contributed by atoms with Crippen LogP contribution in [-0.2, 0) is 24.2 Å². The van der Waals surface area contributed by atoms with Gasteiger partial charge in [0.15, 0.2) is 0 Å². The molecule has 0 amide bonds. The molecule has 256 valence electrons. The van der Waals surface area contributed by atoms with E-state index in [1.807, 2.05) is 85.8 Å². The number of hydrogen-bond acceptors (Lipinski definition) is 9. The van der Waals surface area contributed by atoms with Crippen molar-refractivity contribution in [3.63, 3.8) is 0 Å². The summed E-state index contributed by atoms with van der Waals surface area (Å²) in [5.41, 5.74) is 0.388. The standard InChI is InChI=1S/C35H41N2O9PS/c1-5-6-20-48-47(40,41)46-30-21-32(37-22-24(2)33(38)36-34(37)39)45-31(30)23-44-35(25-10-8-7-9-11-25,26-12-16-28(42-3)17-13-26)27-14-18-29(43-4)19-15-27/h7-19,22,30-32H,5-6,20-21,23H2,1-4H3,(H,40,41)(H,36,38,39)/t30-,31+,32+/m0/s1. The van der Waals surface area contributed by atoms with Gasteiger partial charge in [0.2, 0.25) is 0 Å². The molecule has 3 aromatic carbocycles. The highest BCUT2D eigenvalue weighted by molar-refractivity contribution is 8.54. The number of H-pyrrole nitrogens is 1. The third kappa shape index (κ3) is 7.97. The van der Waals surface area contributed by atoms with Crippen molar-refractivity contribution in [2.24, 2.45) is 0 Å². The van der Waals surface area contributed by atoms with Crippen LogP contribution in [0.5, 0.6) is 11.5 Å². The smallest absolute Gasteiger partial charge is 0.386 e. The second kappa shape index (κ2) is 15.7. The summed E-state index contributed by atoms with van der Waals surface area (Å²) in [5, 5.41) is 0. The van der Waals surface area contributed by atoms with Gasteiger partial charge in [-0.25, -0.2) is 9.36 Å². The van der Waals surface area contributed by atoms with Gasteiger partial charge in [-0.15, -0.1) is 0 Å². The van der Waals surface area contributed by atoms with Gasteiger partial charge in [-0.05, 0) is 65.7 Å². The van der Waals surface area contributed by atoms with Gasteiger partial charge >= 0.3 is 12.5 Å². The minimum absolute atomic E-state index is 0.0711. The topological polar surface area (TPSA) is 138 Å². The Hall–Kier alpha value is -3.64. The van der Waals surface area contributed by atoms with Crippen molar-refractivity contribution in [1.29, 1.82) is 0 Å². The molecule has 48 heavy (non-hydrogen) atoms. The first-order valence-electron chi connectivity index (χ1n) is 15.7. The van der Waals surface area contributed by atoms with Gasteiger partial charge in [0, 0.05) is 23.9 Å². The minimum atomic E-state index is -4.10. The van der Waals surface area contributed by atoms with Crippen LogP contribution in [0.25, 0.3) is 0 Å². The second-order valence-electron chi connectivity index (χ2n) is 11.5. The van der Waals surface area contributed by atoms with Crippen molar-refractivity contribution >= 4 is 18.2 Å². The molecule has 0 saturated carbocycles. The van der Waals surface area contributed by atoms with Gasteiger partial charge in [0.1, 0.15) is 35.5 Å². The molecule has 1 fully saturated rings. The number of nitrogens with one attached hydrogen (secondary N) is 1. The molecule has 4 atom stereocenters. The Bertz CT molecular complexity index is 1770. The maximum absolute atomic E-state index is 13.2. The Morgan fingerprint density at radius 2 is 1.54 bits per heavy atom. The predicted octanol–water partition coefficient (Wildman–Crippen LogP) is 6.18. The Kier molecular flexibility index (Phi) is 11.7. The maximum Gasteiger partial charge on any atom is 0.386 e. The van der Waals surface area contributed by atoms with Crippen LogP contribution in [0.1, 0.15) is 54.7 Å². The summed E-state index contributed by atoms with van der Waals surface area (Å²) in [6.45, 7) is -0.610. The highest BCUT2D eigenvalue weighted by atomic mass is 32.7. The third-order valence-electron chi connectivity index (χ3n) is 8.30. The van der Waals surface area contributed by atoms with Gasteiger partial charge in [-0.1, -0.05) is 67.9 Å². The minimum Gasteiger partial charge on any atom is -0.497 e. The molecule has 2 N–H and O–H groups in total. The molecule has 2 heterocycles. The summed E-state index contributed by atoms with van der Waals surface area (Å²) < 4.78 is 44.7. The summed E-state index contributed by atoms with van der Waals surface area (Å²) in [6.07, 6.45) is 0.432. The summed E-state index contributed by atoms with van der Waals surface area (Å²) in [7, 11) is 3.20. The summed E-state index contributed by atoms with van der Waals surface area (Å²) in [5.74, 6) is 1.80. The molecular formula is C35H41N2O9PS. The van der Waals surface area contributed by atoms with E-state index < -0.39 is 42.1 Å². The van der Waals surface area contributed by atoms with Crippen molar-refractivity contribution in [3.8, 4) is 11.5 Å². The largest absolute Gasteiger partial charge is 0.497 e. The molecule has 11 nitrogen and oxygen atoms in total. The summed E-state index contributed by atoms with van der Waals surface area (Å²) >= 11 is 0.871. The number of methoxy groups -OCH3 is 2. The number of aromatic amines is 1. The molecule has 1 unspecified atom stereocenters. The van der Waals surface area contributed by atoms with Gasteiger partial charge in [-0.3, -0.25) is 18.9 Å². The van der Waals surface area contributed by atoms with Crippen LogP contribution < -0.4 is 20.7 Å². The van der Waals surface area contributed by atoms with E-state index in [9.17, 15) is 19.0 Å². The molecule has 1 aliphatic heterocycles. The first-order chi connectivity index (χ1) is 23.1. The highest BCUT2D eigenvalue weighted by Gasteiger charge is 2.45. The molecule has 0 bridgehead atoms. The molecule has 1 aromatic heterocycles. The lowest BCUT2D eigenvalue weighted by atomic mass is 9.80. The van der Waals surface area contributed by atoms with Gasteiger partial charge in [0.25, 0.3) is 5.56 Å². The van der Waals surface area contributed by atoms with Crippen LogP contribution in [0, 0.1) is 6.92 Å². The maximum atomic E-state index is 13.2. The fourth-order valence-electron chi connectivity index (χ4n) is 5.74. The molecule has 5 rings (SSSR count). The lowest BCUT2D eigenvalue weighted by Gasteiger charge is -2.37. The molecule has 4 aromatic rings. The molecule has 13 heteroatoms. The van der Waals surface area contributed by atoms with E-state index >= 15 is 0 Å². The van der Waals surface area contributed by atoms with Crippen molar-refractivity contribution in [2.75, 3.05) is 26.6 Å². The number of nitrogens with zero attached hydrogens (tertiary/aromatic N) is 1. The molecule has 1 aliphatic rings. The van der Waals surface area contributed by atoms with E-state index in [1.54, 1.807) is 21.1 Å². The molecular weight excluding hydrogens is 655 g/mol. The zero-order chi connectivity index (χ0) is 34.3. The molecule has 0 spiro atoms. The lowest BCUT2D eigenvalue weighted by Crippen LogP contribution is -2.38. The number of aromatic nitrogens is 2. The predicted molar refractivity (Wildman–Crippen MR) is 185 cm³/mol. The average Bonchev–Trinajstić information content (AvgIpc) is 3.48. The Balaban J connectivity index is 1.57. The molecule has 0 radical (unpaired) electrons. The number of rotatable bonds is 15. The average molecular weight is 697 g/mol. The number of hydrogen-bond donors (Lipinski definition) is 2. The number of ether oxygens (including phenoxy) is 4. The fourth-order valence-corrected chi connectivity index (χ4v) is 8.61. The van der Waals surface area contributed by atoms with Gasteiger partial charge in [-0.2, -0.15) is 0 Å². The van der Waals surface area contributed by atoms with E-state index in [2.05, 4.69) is 4.98 Å². The first kappa shape index (κ1) is 35.7. The van der Waals surface area contributed by atoms with E-state index in [0.717, 1.165) is 40.9 Å². The fraction of sp³-hybridized carbons (Fsp3) is 0.371. The summed E-state index contributed by atoms with van der Waals surface area (Å²) in [4.78, 5) is 38.1. The van der Waals surface area contributed by atoms with Crippen molar-refractivity contribution in [2.45, 2.75) is 57.1 Å². The Morgan fingerprint density at radius 3 is 2.10 bits per heavy atom. The monoisotopic (exact) mass is 696 g/mol.